The number of hydrogen-bond acceptors (Lipinski definition) is 2. The van der Waals surface area contributed by atoms with Gasteiger partial charge < -0.3 is 9.80 Å². The third-order valence-corrected chi connectivity index (χ3v) is 6.75. The lowest BCUT2D eigenvalue weighted by Crippen LogP contribution is -3.29. The van der Waals surface area contributed by atoms with E-state index >= 15 is 0 Å². The molecule has 2 saturated heterocycles. The Kier molecular flexibility index (Phi) is 4.33. The molecule has 2 heterocycles. The summed E-state index contributed by atoms with van der Waals surface area (Å²) in [5, 5.41) is 0. The van der Waals surface area contributed by atoms with E-state index in [9.17, 15) is 8.42 Å². The van der Waals surface area contributed by atoms with Gasteiger partial charge in [0.2, 0.25) is 0 Å². The van der Waals surface area contributed by atoms with Crippen molar-refractivity contribution in [2.45, 2.75) is 25.9 Å². The molecule has 2 N–H and O–H groups in total. The second kappa shape index (κ2) is 6.07. The molecule has 0 saturated carbocycles. The number of piperazine rings is 1. The maximum Gasteiger partial charge on any atom is 0.156 e. The lowest BCUT2D eigenvalue weighted by Gasteiger charge is -2.32. The molecule has 0 aliphatic carbocycles. The lowest BCUT2D eigenvalue weighted by molar-refractivity contribution is -1.03. The summed E-state index contributed by atoms with van der Waals surface area (Å²) < 4.78 is 23.2. The van der Waals surface area contributed by atoms with Crippen LogP contribution in [0.15, 0.2) is 24.3 Å². The number of hydrogen-bond donors (Lipinski definition) is 2. The van der Waals surface area contributed by atoms with Gasteiger partial charge in [-0.2, -0.15) is 0 Å². The summed E-state index contributed by atoms with van der Waals surface area (Å²) in [5.74, 6) is 0.816. The predicted octanol–water partition coefficient (Wildman–Crippen LogP) is -1.53. The van der Waals surface area contributed by atoms with Crippen LogP contribution in [-0.2, 0) is 16.4 Å². The van der Waals surface area contributed by atoms with Crippen LogP contribution in [0.4, 0.5) is 0 Å². The monoisotopic (exact) mass is 310 g/mol. The van der Waals surface area contributed by atoms with Gasteiger partial charge in [-0.25, -0.2) is 8.42 Å². The fraction of sp³-hybridized carbons (Fsp3) is 0.625. The minimum Gasteiger partial charge on any atom is -0.322 e. The van der Waals surface area contributed by atoms with Crippen LogP contribution in [0, 0.1) is 6.92 Å². The summed E-state index contributed by atoms with van der Waals surface area (Å²) in [6.45, 7) is 7.74. The van der Waals surface area contributed by atoms with Gasteiger partial charge in [0.25, 0.3) is 0 Å². The van der Waals surface area contributed by atoms with Crippen LogP contribution in [-0.4, -0.2) is 52.1 Å². The van der Waals surface area contributed by atoms with Crippen LogP contribution in [0.2, 0.25) is 0 Å². The van der Waals surface area contributed by atoms with Crippen LogP contribution in [0.5, 0.6) is 0 Å². The predicted molar refractivity (Wildman–Crippen MR) is 83.3 cm³/mol. The summed E-state index contributed by atoms with van der Waals surface area (Å²) in [6, 6.07) is 9.17. The molecule has 21 heavy (non-hydrogen) atoms. The number of sulfone groups is 1. The van der Waals surface area contributed by atoms with Crippen molar-refractivity contribution in [3.8, 4) is 0 Å². The summed E-state index contributed by atoms with van der Waals surface area (Å²) >= 11 is 0. The normalized spacial score (nSPS) is 32.1. The molecule has 0 amide bonds. The van der Waals surface area contributed by atoms with Gasteiger partial charge in [-0.15, -0.1) is 0 Å². The van der Waals surface area contributed by atoms with Gasteiger partial charge in [-0.3, -0.25) is 0 Å². The van der Waals surface area contributed by atoms with E-state index in [1.54, 1.807) is 4.90 Å². The van der Waals surface area contributed by atoms with E-state index in [1.807, 2.05) is 0 Å². The van der Waals surface area contributed by atoms with Crippen LogP contribution in [0.25, 0.3) is 0 Å². The summed E-state index contributed by atoms with van der Waals surface area (Å²) in [6.07, 6.45) is 0.866. The number of aryl methyl sites for hydroxylation is 1. The van der Waals surface area contributed by atoms with Crippen molar-refractivity contribution in [2.24, 2.45) is 0 Å². The maximum absolute atomic E-state index is 11.6. The summed E-state index contributed by atoms with van der Waals surface area (Å²) in [7, 11) is -2.74. The fourth-order valence-electron chi connectivity index (χ4n) is 3.62. The molecular weight excluding hydrogens is 284 g/mol. The molecule has 4 nitrogen and oxygen atoms in total. The first-order chi connectivity index (χ1) is 10.0. The van der Waals surface area contributed by atoms with Crippen molar-refractivity contribution in [1.29, 1.82) is 0 Å². The van der Waals surface area contributed by atoms with Gasteiger partial charge in [0.1, 0.15) is 44.5 Å². The van der Waals surface area contributed by atoms with Crippen LogP contribution >= 0.6 is 0 Å². The van der Waals surface area contributed by atoms with Gasteiger partial charge in [0, 0.05) is 12.0 Å². The van der Waals surface area contributed by atoms with Gasteiger partial charge in [-0.1, -0.05) is 29.8 Å². The molecular formula is C16H26N2O2S+2. The molecule has 0 radical (unpaired) electrons. The third kappa shape index (κ3) is 3.84. The number of benzene rings is 1. The standard InChI is InChI=1S/C16H24N2O2S/c1-14-2-4-15(5-3-14)12-17-7-9-18(10-8-17)16-6-11-21(19,20)13-16/h2-5,16H,6-13H2,1H3/p+2/t16-/m1/s1. The summed E-state index contributed by atoms with van der Waals surface area (Å²) in [4.78, 5) is 3.15. The van der Waals surface area contributed by atoms with Crippen molar-refractivity contribution < 1.29 is 18.2 Å². The minimum atomic E-state index is -2.74. The van der Waals surface area contributed by atoms with Crippen molar-refractivity contribution >= 4 is 9.84 Å². The Morgan fingerprint density at radius 2 is 1.76 bits per heavy atom. The first-order valence-corrected chi connectivity index (χ1v) is 9.78. The Morgan fingerprint density at radius 3 is 2.33 bits per heavy atom. The zero-order valence-corrected chi connectivity index (χ0v) is 13.6. The molecule has 0 bridgehead atoms. The first kappa shape index (κ1) is 15.0. The Morgan fingerprint density at radius 1 is 1.10 bits per heavy atom. The smallest absolute Gasteiger partial charge is 0.156 e. The Balaban J connectivity index is 1.50. The van der Waals surface area contributed by atoms with E-state index in [0.29, 0.717) is 17.5 Å². The van der Waals surface area contributed by atoms with E-state index in [0.717, 1.165) is 39.1 Å². The molecule has 5 heteroatoms. The molecule has 1 atom stereocenters. The average molecular weight is 310 g/mol. The molecule has 2 aliphatic heterocycles. The summed E-state index contributed by atoms with van der Waals surface area (Å²) in [5.41, 5.74) is 2.72. The van der Waals surface area contributed by atoms with Crippen molar-refractivity contribution in [3.63, 3.8) is 0 Å². The molecule has 116 valence electrons. The lowest BCUT2D eigenvalue weighted by atomic mass is 10.1. The van der Waals surface area contributed by atoms with Crippen LogP contribution < -0.4 is 9.80 Å². The number of nitrogens with one attached hydrogen (secondary N) is 2. The minimum absolute atomic E-state index is 0.357. The average Bonchev–Trinajstić information content (AvgIpc) is 2.83. The van der Waals surface area contributed by atoms with Crippen LogP contribution in [0.1, 0.15) is 17.5 Å². The van der Waals surface area contributed by atoms with Gasteiger partial charge >= 0.3 is 0 Å². The van der Waals surface area contributed by atoms with E-state index in [1.165, 1.54) is 16.0 Å². The highest BCUT2D eigenvalue weighted by molar-refractivity contribution is 7.91. The van der Waals surface area contributed by atoms with Gasteiger partial charge in [0.05, 0.1) is 5.75 Å². The van der Waals surface area contributed by atoms with Crippen molar-refractivity contribution in [3.05, 3.63) is 35.4 Å². The number of rotatable bonds is 3. The van der Waals surface area contributed by atoms with Crippen LogP contribution in [0.3, 0.4) is 0 Å². The molecule has 3 rings (SSSR count). The molecule has 1 aromatic carbocycles. The van der Waals surface area contributed by atoms with Gasteiger partial charge in [0.15, 0.2) is 9.84 Å². The van der Waals surface area contributed by atoms with E-state index in [2.05, 4.69) is 31.2 Å². The first-order valence-electron chi connectivity index (χ1n) is 7.96. The van der Waals surface area contributed by atoms with E-state index in [-0.39, 0.29) is 0 Å². The zero-order chi connectivity index (χ0) is 14.9. The topological polar surface area (TPSA) is 43.0 Å². The fourth-order valence-corrected chi connectivity index (χ4v) is 5.45. The highest BCUT2D eigenvalue weighted by Crippen LogP contribution is 2.08. The SMILES string of the molecule is Cc1ccc(C[NH+]2CC[NH+]([C@@H]3CCS(=O)(=O)C3)CC2)cc1. The van der Waals surface area contributed by atoms with Crippen molar-refractivity contribution in [2.75, 3.05) is 37.7 Å². The van der Waals surface area contributed by atoms with E-state index in [4.69, 9.17) is 0 Å². The largest absolute Gasteiger partial charge is 0.322 e. The molecule has 0 spiro atoms. The van der Waals surface area contributed by atoms with Gasteiger partial charge in [-0.05, 0) is 6.92 Å². The highest BCUT2D eigenvalue weighted by Gasteiger charge is 2.37. The Bertz CT molecular complexity index is 575. The molecule has 0 aromatic heterocycles. The third-order valence-electron chi connectivity index (χ3n) is 4.98. The second-order valence-corrected chi connectivity index (χ2v) is 8.90. The highest BCUT2D eigenvalue weighted by atomic mass is 32.2. The quantitative estimate of drug-likeness (QED) is 0.711. The number of quaternary nitrogens is 2. The zero-order valence-electron chi connectivity index (χ0n) is 12.8. The molecule has 2 fully saturated rings. The molecule has 1 aromatic rings. The Hall–Kier alpha value is -0.910. The molecule has 0 unspecified atom stereocenters. The Labute approximate surface area is 127 Å². The van der Waals surface area contributed by atoms with E-state index < -0.39 is 9.84 Å². The molecule has 2 aliphatic rings. The maximum atomic E-state index is 11.6. The van der Waals surface area contributed by atoms with Crippen molar-refractivity contribution in [1.82, 2.24) is 0 Å². The second-order valence-electron chi connectivity index (χ2n) is 6.67.